The molecule has 0 N–H and O–H groups in total. The molecule has 2 aliphatic rings. The van der Waals surface area contributed by atoms with Gasteiger partial charge in [-0.05, 0) is 37.4 Å². The molecule has 2 heterocycles. The number of nitrogens with zero attached hydrogens (tertiary/aromatic N) is 3. The van der Waals surface area contributed by atoms with Gasteiger partial charge in [0.25, 0.3) is 5.91 Å². The first-order valence-corrected chi connectivity index (χ1v) is 10.0. The van der Waals surface area contributed by atoms with Gasteiger partial charge >= 0.3 is 6.03 Å². The maximum absolute atomic E-state index is 13.5. The van der Waals surface area contributed by atoms with Gasteiger partial charge < -0.3 is 9.80 Å². The van der Waals surface area contributed by atoms with Crippen LogP contribution in [0.1, 0.15) is 24.0 Å². The summed E-state index contributed by atoms with van der Waals surface area (Å²) in [4.78, 5) is 32.3. The molecular weight excluding hydrogens is 350 g/mol. The van der Waals surface area contributed by atoms with Crippen LogP contribution in [0.2, 0.25) is 0 Å². The molecule has 2 aromatic carbocycles. The molecule has 2 fully saturated rings. The fourth-order valence-electron chi connectivity index (χ4n) is 4.36. The Morgan fingerprint density at radius 3 is 2.04 bits per heavy atom. The fraction of sp³-hybridized carbons (Fsp3) is 0.391. The van der Waals surface area contributed by atoms with Gasteiger partial charge in [0.15, 0.2) is 0 Å². The molecule has 0 atom stereocenters. The molecule has 3 amide bonds. The molecule has 4 rings (SSSR count). The molecule has 28 heavy (non-hydrogen) atoms. The van der Waals surface area contributed by atoms with Crippen LogP contribution < -0.4 is 0 Å². The van der Waals surface area contributed by atoms with Crippen LogP contribution in [0.5, 0.6) is 0 Å². The van der Waals surface area contributed by atoms with Gasteiger partial charge in [0.2, 0.25) is 0 Å². The number of likely N-dealkylation sites (tertiary alicyclic amines) is 1. The van der Waals surface area contributed by atoms with Crippen LogP contribution in [-0.2, 0) is 17.8 Å². The van der Waals surface area contributed by atoms with E-state index < -0.39 is 5.54 Å². The first-order valence-electron chi connectivity index (χ1n) is 10.0. The Hall–Kier alpha value is -2.66. The molecule has 5 heteroatoms. The summed E-state index contributed by atoms with van der Waals surface area (Å²) in [6.45, 7) is 2.58. The maximum atomic E-state index is 13.5. The summed E-state index contributed by atoms with van der Waals surface area (Å²) in [5, 5.41) is 0. The molecule has 0 radical (unpaired) electrons. The van der Waals surface area contributed by atoms with Crippen LogP contribution in [0.15, 0.2) is 60.7 Å². The highest BCUT2D eigenvalue weighted by atomic mass is 16.2. The number of hydrogen-bond acceptors (Lipinski definition) is 3. The zero-order chi connectivity index (χ0) is 19.6. The molecule has 2 aliphatic heterocycles. The second-order valence-corrected chi connectivity index (χ2v) is 7.88. The van der Waals surface area contributed by atoms with Crippen molar-refractivity contribution in [3.8, 4) is 0 Å². The van der Waals surface area contributed by atoms with Crippen molar-refractivity contribution in [2.24, 2.45) is 0 Å². The molecule has 0 unspecified atom stereocenters. The fourth-order valence-corrected chi connectivity index (χ4v) is 4.36. The Labute approximate surface area is 166 Å². The third-order valence-corrected chi connectivity index (χ3v) is 6.09. The maximum Gasteiger partial charge on any atom is 0.328 e. The number of urea groups is 1. The van der Waals surface area contributed by atoms with E-state index in [4.69, 9.17) is 0 Å². The molecular formula is C23H27N3O2. The van der Waals surface area contributed by atoms with Gasteiger partial charge in [0.05, 0.1) is 6.54 Å². The van der Waals surface area contributed by atoms with Crippen LogP contribution in [0.4, 0.5) is 4.79 Å². The number of amides is 3. The summed E-state index contributed by atoms with van der Waals surface area (Å²) in [5.41, 5.74) is 1.48. The van der Waals surface area contributed by atoms with Crippen molar-refractivity contribution in [1.29, 1.82) is 0 Å². The van der Waals surface area contributed by atoms with Crippen LogP contribution in [0, 0.1) is 0 Å². The summed E-state index contributed by atoms with van der Waals surface area (Å²) in [5.74, 6) is -0.0254. The van der Waals surface area contributed by atoms with Crippen molar-refractivity contribution in [2.75, 3.05) is 26.7 Å². The van der Waals surface area contributed by atoms with Gasteiger partial charge in [-0.25, -0.2) is 4.79 Å². The average Bonchev–Trinajstić information content (AvgIpc) is 2.91. The smallest absolute Gasteiger partial charge is 0.309 e. The molecule has 5 nitrogen and oxygen atoms in total. The molecule has 0 saturated carbocycles. The highest BCUT2D eigenvalue weighted by Crippen LogP contribution is 2.37. The minimum atomic E-state index is -0.687. The molecule has 0 bridgehead atoms. The first kappa shape index (κ1) is 18.7. The third kappa shape index (κ3) is 3.42. The molecule has 146 valence electrons. The van der Waals surface area contributed by atoms with Crippen molar-refractivity contribution in [2.45, 2.75) is 31.3 Å². The van der Waals surface area contributed by atoms with Gasteiger partial charge in [-0.2, -0.15) is 0 Å². The average molecular weight is 377 g/mol. The van der Waals surface area contributed by atoms with Gasteiger partial charge in [-0.3, -0.25) is 9.69 Å². The zero-order valence-electron chi connectivity index (χ0n) is 16.4. The van der Waals surface area contributed by atoms with Gasteiger partial charge in [-0.15, -0.1) is 0 Å². The summed E-state index contributed by atoms with van der Waals surface area (Å²) < 4.78 is 0. The number of carbonyl (C=O) groups is 2. The van der Waals surface area contributed by atoms with Crippen molar-refractivity contribution in [1.82, 2.24) is 14.7 Å². The Balaban J connectivity index is 1.59. The van der Waals surface area contributed by atoms with Gasteiger partial charge in [0.1, 0.15) is 5.54 Å². The van der Waals surface area contributed by atoms with E-state index in [9.17, 15) is 9.59 Å². The van der Waals surface area contributed by atoms with E-state index in [1.165, 1.54) is 10.5 Å². The lowest BCUT2D eigenvalue weighted by Gasteiger charge is -2.41. The molecule has 0 aromatic heterocycles. The summed E-state index contributed by atoms with van der Waals surface area (Å²) in [7, 11) is 2.07. The van der Waals surface area contributed by atoms with Crippen LogP contribution in [0.25, 0.3) is 0 Å². The zero-order valence-corrected chi connectivity index (χ0v) is 16.4. The van der Waals surface area contributed by atoms with Crippen molar-refractivity contribution in [3.63, 3.8) is 0 Å². The molecule has 2 saturated heterocycles. The van der Waals surface area contributed by atoms with E-state index >= 15 is 0 Å². The molecule has 2 aromatic rings. The van der Waals surface area contributed by atoms with E-state index in [2.05, 4.69) is 24.1 Å². The lowest BCUT2D eigenvalue weighted by Crippen LogP contribution is -2.56. The lowest BCUT2D eigenvalue weighted by molar-refractivity contribution is -0.135. The van der Waals surface area contributed by atoms with E-state index in [-0.39, 0.29) is 11.9 Å². The monoisotopic (exact) mass is 377 g/mol. The van der Waals surface area contributed by atoms with E-state index in [0.29, 0.717) is 25.9 Å². The minimum absolute atomic E-state index is 0.0254. The number of piperidine rings is 1. The Kier molecular flexibility index (Phi) is 5.18. The largest absolute Gasteiger partial charge is 0.328 e. The quantitative estimate of drug-likeness (QED) is 0.752. The number of carbonyl (C=O) groups excluding carboxylic acids is 2. The lowest BCUT2D eigenvalue weighted by atomic mass is 9.85. The van der Waals surface area contributed by atoms with E-state index in [0.717, 1.165) is 25.1 Å². The second-order valence-electron chi connectivity index (χ2n) is 7.88. The van der Waals surface area contributed by atoms with Crippen LogP contribution >= 0.6 is 0 Å². The second kappa shape index (κ2) is 7.76. The van der Waals surface area contributed by atoms with E-state index in [1.54, 1.807) is 0 Å². The summed E-state index contributed by atoms with van der Waals surface area (Å²) >= 11 is 0. The Morgan fingerprint density at radius 1 is 0.857 bits per heavy atom. The highest BCUT2D eigenvalue weighted by molar-refractivity contribution is 6.07. The van der Waals surface area contributed by atoms with Gasteiger partial charge in [-0.1, -0.05) is 60.7 Å². The van der Waals surface area contributed by atoms with Crippen LogP contribution in [-0.4, -0.2) is 58.9 Å². The number of hydrogen-bond donors (Lipinski definition) is 0. The third-order valence-electron chi connectivity index (χ3n) is 6.09. The topological polar surface area (TPSA) is 43.9 Å². The Bertz CT molecular complexity index is 829. The first-order chi connectivity index (χ1) is 13.6. The van der Waals surface area contributed by atoms with Crippen LogP contribution in [0.3, 0.4) is 0 Å². The Morgan fingerprint density at radius 2 is 1.43 bits per heavy atom. The van der Waals surface area contributed by atoms with Crippen molar-refractivity contribution < 1.29 is 9.59 Å². The predicted octanol–water partition coefficient (Wildman–Crippen LogP) is 3.16. The molecule has 0 aliphatic carbocycles. The highest BCUT2D eigenvalue weighted by Gasteiger charge is 2.57. The summed E-state index contributed by atoms with van der Waals surface area (Å²) in [6, 6.07) is 19.8. The number of benzene rings is 2. The summed E-state index contributed by atoms with van der Waals surface area (Å²) in [6.07, 6.45) is 2.17. The predicted molar refractivity (Wildman–Crippen MR) is 109 cm³/mol. The van der Waals surface area contributed by atoms with Crippen molar-refractivity contribution in [3.05, 3.63) is 71.8 Å². The normalized spacial score (nSPS) is 19.6. The SMILES string of the molecule is CN1CCC2(CC1)C(=O)N(Cc1ccccc1)C(=O)N2CCc1ccccc1. The van der Waals surface area contributed by atoms with Crippen molar-refractivity contribution >= 4 is 11.9 Å². The standard InChI is InChI=1S/C23H27N3O2/c1-24-16-13-23(14-17-24)21(27)25(18-20-10-6-3-7-11-20)22(28)26(23)15-12-19-8-4-2-5-9-19/h2-11H,12-18H2,1H3. The number of imide groups is 1. The van der Waals surface area contributed by atoms with Gasteiger partial charge in [0, 0.05) is 19.6 Å². The van der Waals surface area contributed by atoms with E-state index in [1.807, 2.05) is 53.4 Å². The number of rotatable bonds is 5. The minimum Gasteiger partial charge on any atom is -0.309 e. The molecule has 1 spiro atoms.